The summed E-state index contributed by atoms with van der Waals surface area (Å²) in [5.41, 5.74) is 1.24. The van der Waals surface area contributed by atoms with Crippen molar-refractivity contribution in [1.29, 1.82) is 0 Å². The second-order valence-corrected chi connectivity index (χ2v) is 6.10. The number of carbonyl (C=O) groups is 2. The summed E-state index contributed by atoms with van der Waals surface area (Å²) < 4.78 is 27.1. The first-order chi connectivity index (χ1) is 11.7. The van der Waals surface area contributed by atoms with Crippen LogP contribution in [0.1, 0.15) is 41.4 Å². The van der Waals surface area contributed by atoms with Gasteiger partial charge in [-0.15, -0.1) is 0 Å². The molecule has 0 unspecified atom stereocenters. The van der Waals surface area contributed by atoms with Crippen molar-refractivity contribution in [1.82, 2.24) is 10.3 Å². The van der Waals surface area contributed by atoms with Crippen LogP contribution in [0.4, 0.5) is 19.3 Å². The Bertz CT molecular complexity index is 841. The Balaban J connectivity index is 2.19. The van der Waals surface area contributed by atoms with E-state index in [1.165, 1.54) is 0 Å². The zero-order valence-corrected chi connectivity index (χ0v) is 14.5. The molecule has 0 fully saturated rings. The number of anilines is 1. The summed E-state index contributed by atoms with van der Waals surface area (Å²) in [5.74, 6) is -3.04. The number of nitrogens with one attached hydrogen (secondary N) is 2. The number of nitrogens with zero attached hydrogens (tertiary/aromatic N) is 1. The number of imide groups is 1. The molecule has 0 saturated heterocycles. The molecule has 1 aromatic heterocycles. The molecular weight excluding hydrogens is 352 g/mol. The highest BCUT2D eigenvalue weighted by atomic mass is 35.5. The molecular formula is C17H16ClF2N3O2. The van der Waals surface area contributed by atoms with Crippen LogP contribution in [0.2, 0.25) is 5.02 Å². The fourth-order valence-corrected chi connectivity index (χ4v) is 2.34. The largest absolute Gasteiger partial charge is 0.326 e. The van der Waals surface area contributed by atoms with Gasteiger partial charge in [-0.2, -0.15) is 0 Å². The van der Waals surface area contributed by atoms with Crippen molar-refractivity contribution in [3.8, 4) is 0 Å². The van der Waals surface area contributed by atoms with Crippen LogP contribution in [-0.2, 0) is 0 Å². The highest BCUT2D eigenvalue weighted by Crippen LogP contribution is 2.25. The highest BCUT2D eigenvalue weighted by molar-refractivity contribution is 6.30. The second kappa shape index (κ2) is 7.57. The molecule has 1 aromatic carbocycles. The van der Waals surface area contributed by atoms with Gasteiger partial charge >= 0.3 is 6.03 Å². The van der Waals surface area contributed by atoms with E-state index in [-0.39, 0.29) is 5.92 Å². The summed E-state index contributed by atoms with van der Waals surface area (Å²) in [7, 11) is 0. The van der Waals surface area contributed by atoms with E-state index in [1.54, 1.807) is 19.2 Å². The lowest BCUT2D eigenvalue weighted by atomic mass is 10.1. The molecule has 132 valence electrons. The maximum atomic E-state index is 13.7. The SMILES string of the molecule is Cc1ccnc(C(C)C)c1NC(=O)NC(=O)c1cc(F)c(Cl)cc1F. The van der Waals surface area contributed by atoms with E-state index in [1.807, 2.05) is 19.2 Å². The summed E-state index contributed by atoms with van der Waals surface area (Å²) >= 11 is 5.44. The zero-order valence-electron chi connectivity index (χ0n) is 13.8. The van der Waals surface area contributed by atoms with Crippen molar-refractivity contribution in [2.24, 2.45) is 0 Å². The number of pyridine rings is 1. The van der Waals surface area contributed by atoms with Crippen LogP contribution in [0.5, 0.6) is 0 Å². The monoisotopic (exact) mass is 367 g/mol. The van der Waals surface area contributed by atoms with Gasteiger partial charge in [-0.3, -0.25) is 15.1 Å². The number of aromatic nitrogens is 1. The van der Waals surface area contributed by atoms with Crippen LogP contribution >= 0.6 is 11.6 Å². The van der Waals surface area contributed by atoms with Gasteiger partial charge in [0.1, 0.15) is 11.6 Å². The Morgan fingerprint density at radius 2 is 1.88 bits per heavy atom. The van der Waals surface area contributed by atoms with Gasteiger partial charge in [-0.25, -0.2) is 13.6 Å². The topological polar surface area (TPSA) is 71.1 Å². The number of carbonyl (C=O) groups excluding carboxylic acids is 2. The number of hydrogen-bond acceptors (Lipinski definition) is 3. The van der Waals surface area contributed by atoms with Gasteiger partial charge in [-0.05, 0) is 36.6 Å². The number of amides is 3. The Morgan fingerprint density at radius 3 is 2.52 bits per heavy atom. The quantitative estimate of drug-likeness (QED) is 0.789. The van der Waals surface area contributed by atoms with Crippen LogP contribution in [0.15, 0.2) is 24.4 Å². The average molecular weight is 368 g/mol. The molecule has 3 amide bonds. The molecule has 0 aliphatic heterocycles. The molecule has 8 heteroatoms. The first kappa shape index (κ1) is 18.8. The van der Waals surface area contributed by atoms with E-state index < -0.39 is 34.2 Å². The smallest absolute Gasteiger partial charge is 0.306 e. The standard InChI is InChI=1S/C17H16ClF2N3O2/c1-8(2)14-15(9(3)4-5-21-14)22-17(25)23-16(24)10-6-13(20)11(18)7-12(10)19/h4-8H,1-3H3,(H2,22,23,24,25). The average Bonchev–Trinajstić information content (AvgIpc) is 2.52. The number of hydrogen-bond donors (Lipinski definition) is 2. The van der Waals surface area contributed by atoms with Crippen LogP contribution in [0, 0.1) is 18.6 Å². The van der Waals surface area contributed by atoms with Gasteiger partial charge in [0.2, 0.25) is 0 Å². The summed E-state index contributed by atoms with van der Waals surface area (Å²) in [6, 6.07) is 2.14. The molecule has 0 bridgehead atoms. The van der Waals surface area contributed by atoms with Gasteiger partial charge in [0, 0.05) is 6.20 Å². The van der Waals surface area contributed by atoms with E-state index >= 15 is 0 Å². The molecule has 25 heavy (non-hydrogen) atoms. The van der Waals surface area contributed by atoms with E-state index in [4.69, 9.17) is 11.6 Å². The molecule has 0 aliphatic carbocycles. The minimum atomic E-state index is -1.08. The van der Waals surface area contributed by atoms with Gasteiger partial charge in [0.05, 0.1) is 22.0 Å². The van der Waals surface area contributed by atoms with Crippen LogP contribution in [0.3, 0.4) is 0 Å². The fourth-order valence-electron chi connectivity index (χ4n) is 2.19. The van der Waals surface area contributed by atoms with E-state index in [0.29, 0.717) is 23.5 Å². The minimum absolute atomic E-state index is 0.0358. The zero-order chi connectivity index (χ0) is 18.7. The van der Waals surface area contributed by atoms with Crippen LogP contribution < -0.4 is 10.6 Å². The Kier molecular flexibility index (Phi) is 5.69. The lowest BCUT2D eigenvalue weighted by molar-refractivity contribution is 0.0962. The van der Waals surface area contributed by atoms with Gasteiger partial charge < -0.3 is 5.32 Å². The van der Waals surface area contributed by atoms with Crippen molar-refractivity contribution in [3.63, 3.8) is 0 Å². The molecule has 0 spiro atoms. The summed E-state index contributed by atoms with van der Waals surface area (Å²) in [5, 5.41) is 4.04. The summed E-state index contributed by atoms with van der Waals surface area (Å²) in [6.07, 6.45) is 1.62. The molecule has 0 saturated carbocycles. The molecule has 0 atom stereocenters. The van der Waals surface area contributed by atoms with Crippen LogP contribution in [-0.4, -0.2) is 16.9 Å². The summed E-state index contributed by atoms with van der Waals surface area (Å²) in [6.45, 7) is 5.59. The molecule has 5 nitrogen and oxygen atoms in total. The first-order valence-electron chi connectivity index (χ1n) is 7.43. The maximum absolute atomic E-state index is 13.7. The number of aryl methyl sites for hydroxylation is 1. The molecule has 2 rings (SSSR count). The molecule has 1 heterocycles. The highest BCUT2D eigenvalue weighted by Gasteiger charge is 2.19. The Morgan fingerprint density at radius 1 is 1.20 bits per heavy atom. The molecule has 0 aliphatic rings. The fraction of sp³-hybridized carbons (Fsp3) is 0.235. The van der Waals surface area contributed by atoms with Crippen molar-refractivity contribution in [2.45, 2.75) is 26.7 Å². The predicted octanol–water partition coefficient (Wildman–Crippen LogP) is 4.41. The number of benzene rings is 1. The number of urea groups is 1. The Labute approximate surface area is 148 Å². The van der Waals surface area contributed by atoms with Gasteiger partial charge in [0.15, 0.2) is 0 Å². The summed E-state index contributed by atoms with van der Waals surface area (Å²) in [4.78, 5) is 28.3. The lowest BCUT2D eigenvalue weighted by Gasteiger charge is -2.15. The molecule has 2 aromatic rings. The van der Waals surface area contributed by atoms with E-state index in [9.17, 15) is 18.4 Å². The number of rotatable bonds is 3. The molecule has 2 N–H and O–H groups in total. The van der Waals surface area contributed by atoms with Crippen LogP contribution in [0.25, 0.3) is 0 Å². The Hall–Kier alpha value is -2.54. The van der Waals surface area contributed by atoms with Crippen molar-refractivity contribution in [3.05, 3.63) is 57.9 Å². The predicted molar refractivity (Wildman–Crippen MR) is 90.9 cm³/mol. The van der Waals surface area contributed by atoms with E-state index in [0.717, 1.165) is 5.56 Å². The van der Waals surface area contributed by atoms with E-state index in [2.05, 4.69) is 10.3 Å². The first-order valence-corrected chi connectivity index (χ1v) is 7.81. The second-order valence-electron chi connectivity index (χ2n) is 5.70. The van der Waals surface area contributed by atoms with Gasteiger partial charge in [-0.1, -0.05) is 25.4 Å². The van der Waals surface area contributed by atoms with Crippen molar-refractivity contribution < 1.29 is 18.4 Å². The third-order valence-electron chi connectivity index (χ3n) is 3.46. The minimum Gasteiger partial charge on any atom is -0.306 e. The third-order valence-corrected chi connectivity index (χ3v) is 3.75. The molecule has 0 radical (unpaired) electrons. The third kappa shape index (κ3) is 4.30. The van der Waals surface area contributed by atoms with Crippen molar-refractivity contribution in [2.75, 3.05) is 5.32 Å². The van der Waals surface area contributed by atoms with Crippen molar-refractivity contribution >= 4 is 29.2 Å². The number of halogens is 3. The van der Waals surface area contributed by atoms with Gasteiger partial charge in [0.25, 0.3) is 5.91 Å². The maximum Gasteiger partial charge on any atom is 0.326 e. The normalized spacial score (nSPS) is 10.7. The lowest BCUT2D eigenvalue weighted by Crippen LogP contribution is -2.35.